The van der Waals surface area contributed by atoms with Crippen LogP contribution in [0.4, 0.5) is 5.95 Å². The van der Waals surface area contributed by atoms with E-state index in [1.165, 1.54) is 38.8 Å². The van der Waals surface area contributed by atoms with Gasteiger partial charge >= 0.3 is 0 Å². The number of aromatic nitrogens is 3. The standard InChI is InChI=1S/C15H25N5/c1-3-13-14(4-2)18-19-15(17-13)16-11-7-9-20-8-5-6-12(20)10-11/h11-12H,3-10H2,1-2H3,(H,16,17,19). The Morgan fingerprint density at radius 3 is 2.75 bits per heavy atom. The summed E-state index contributed by atoms with van der Waals surface area (Å²) in [4.78, 5) is 7.28. The molecule has 0 amide bonds. The normalized spacial score (nSPS) is 26.5. The van der Waals surface area contributed by atoms with E-state index in [-0.39, 0.29) is 0 Å². The topological polar surface area (TPSA) is 53.9 Å². The van der Waals surface area contributed by atoms with Crippen molar-refractivity contribution in [3.8, 4) is 0 Å². The zero-order valence-corrected chi connectivity index (χ0v) is 12.6. The smallest absolute Gasteiger partial charge is 0.243 e. The van der Waals surface area contributed by atoms with Gasteiger partial charge in [-0.15, -0.1) is 5.10 Å². The SMILES string of the molecule is CCc1nnc(NC2CCN3CCCC3C2)nc1CC. The first-order valence-electron chi connectivity index (χ1n) is 8.03. The third-order valence-corrected chi connectivity index (χ3v) is 4.66. The number of hydrogen-bond donors (Lipinski definition) is 1. The minimum Gasteiger partial charge on any atom is -0.350 e. The van der Waals surface area contributed by atoms with Crippen LogP contribution in [0.1, 0.15) is 50.9 Å². The summed E-state index contributed by atoms with van der Waals surface area (Å²) in [6.07, 6.45) is 6.96. The number of fused-ring (bicyclic) bond motifs is 1. The Bertz CT molecular complexity index is 462. The van der Waals surface area contributed by atoms with Crippen LogP contribution in [0.3, 0.4) is 0 Å². The Labute approximate surface area is 121 Å². The number of aryl methyl sites for hydroxylation is 2. The number of piperidine rings is 1. The zero-order valence-electron chi connectivity index (χ0n) is 12.6. The maximum Gasteiger partial charge on any atom is 0.243 e. The molecule has 5 nitrogen and oxygen atoms in total. The Morgan fingerprint density at radius 1 is 1.10 bits per heavy atom. The quantitative estimate of drug-likeness (QED) is 0.911. The van der Waals surface area contributed by atoms with Crippen LogP contribution in [-0.2, 0) is 12.8 Å². The first-order valence-corrected chi connectivity index (χ1v) is 8.03. The molecule has 0 saturated carbocycles. The van der Waals surface area contributed by atoms with Gasteiger partial charge in [0.05, 0.1) is 11.4 Å². The maximum absolute atomic E-state index is 4.64. The monoisotopic (exact) mass is 275 g/mol. The molecule has 0 aliphatic carbocycles. The Balaban J connectivity index is 1.65. The Hall–Kier alpha value is -1.23. The minimum absolute atomic E-state index is 0.508. The van der Waals surface area contributed by atoms with Crippen molar-refractivity contribution in [1.29, 1.82) is 0 Å². The van der Waals surface area contributed by atoms with Crippen molar-refractivity contribution in [2.24, 2.45) is 0 Å². The molecule has 2 atom stereocenters. The molecule has 110 valence electrons. The molecule has 0 aromatic carbocycles. The fraction of sp³-hybridized carbons (Fsp3) is 0.800. The molecule has 1 aromatic rings. The summed E-state index contributed by atoms with van der Waals surface area (Å²) in [5.41, 5.74) is 2.12. The molecule has 2 aliphatic heterocycles. The molecule has 2 saturated heterocycles. The predicted octanol–water partition coefficient (Wildman–Crippen LogP) is 2.04. The van der Waals surface area contributed by atoms with Gasteiger partial charge in [-0.2, -0.15) is 5.10 Å². The molecule has 2 aliphatic rings. The van der Waals surface area contributed by atoms with Crippen molar-refractivity contribution < 1.29 is 0 Å². The van der Waals surface area contributed by atoms with E-state index in [4.69, 9.17) is 0 Å². The van der Waals surface area contributed by atoms with E-state index >= 15 is 0 Å². The molecule has 5 heteroatoms. The lowest BCUT2D eigenvalue weighted by Crippen LogP contribution is -2.43. The van der Waals surface area contributed by atoms with Gasteiger partial charge in [-0.25, -0.2) is 4.98 Å². The average Bonchev–Trinajstić information content (AvgIpc) is 2.94. The zero-order chi connectivity index (χ0) is 13.9. The van der Waals surface area contributed by atoms with E-state index in [2.05, 4.69) is 39.2 Å². The summed E-state index contributed by atoms with van der Waals surface area (Å²) < 4.78 is 0. The van der Waals surface area contributed by atoms with Gasteiger partial charge in [-0.1, -0.05) is 13.8 Å². The lowest BCUT2D eigenvalue weighted by atomic mass is 9.98. The molecule has 1 N–H and O–H groups in total. The van der Waals surface area contributed by atoms with E-state index in [9.17, 15) is 0 Å². The highest BCUT2D eigenvalue weighted by molar-refractivity contribution is 5.27. The molecule has 0 bridgehead atoms. The van der Waals surface area contributed by atoms with Gasteiger partial charge in [-0.05, 0) is 45.1 Å². The number of hydrogen-bond acceptors (Lipinski definition) is 5. The van der Waals surface area contributed by atoms with E-state index in [0.29, 0.717) is 6.04 Å². The molecule has 2 fully saturated rings. The maximum atomic E-state index is 4.64. The molecule has 20 heavy (non-hydrogen) atoms. The van der Waals surface area contributed by atoms with Crippen LogP contribution in [0.25, 0.3) is 0 Å². The van der Waals surface area contributed by atoms with Crippen molar-refractivity contribution >= 4 is 5.95 Å². The second-order valence-corrected chi connectivity index (χ2v) is 5.93. The third kappa shape index (κ3) is 2.77. The van der Waals surface area contributed by atoms with Gasteiger partial charge in [-0.3, -0.25) is 0 Å². The lowest BCUT2D eigenvalue weighted by molar-refractivity contribution is 0.187. The van der Waals surface area contributed by atoms with Crippen LogP contribution >= 0.6 is 0 Å². The lowest BCUT2D eigenvalue weighted by Gasteiger charge is -2.35. The van der Waals surface area contributed by atoms with Crippen molar-refractivity contribution in [1.82, 2.24) is 20.1 Å². The summed E-state index contributed by atoms with van der Waals surface area (Å²) in [7, 11) is 0. The van der Waals surface area contributed by atoms with Gasteiger partial charge in [0.25, 0.3) is 0 Å². The molecule has 3 heterocycles. The van der Waals surface area contributed by atoms with Gasteiger partial charge in [0.1, 0.15) is 0 Å². The van der Waals surface area contributed by atoms with Gasteiger partial charge in [0.15, 0.2) is 0 Å². The summed E-state index contributed by atoms with van der Waals surface area (Å²) in [6.45, 7) is 6.74. The highest BCUT2D eigenvalue weighted by atomic mass is 15.3. The van der Waals surface area contributed by atoms with E-state index in [0.717, 1.165) is 36.2 Å². The van der Waals surface area contributed by atoms with Gasteiger partial charge in [0.2, 0.25) is 5.95 Å². The van der Waals surface area contributed by atoms with Crippen LogP contribution in [0, 0.1) is 0 Å². The van der Waals surface area contributed by atoms with Crippen molar-refractivity contribution in [3.63, 3.8) is 0 Å². The van der Waals surface area contributed by atoms with Crippen LogP contribution in [-0.4, -0.2) is 45.3 Å². The second kappa shape index (κ2) is 6.04. The van der Waals surface area contributed by atoms with Crippen LogP contribution in [0.15, 0.2) is 0 Å². The molecule has 2 unspecified atom stereocenters. The third-order valence-electron chi connectivity index (χ3n) is 4.66. The first kappa shape index (κ1) is 13.7. The van der Waals surface area contributed by atoms with Gasteiger partial charge in [0, 0.05) is 18.6 Å². The minimum atomic E-state index is 0.508. The Morgan fingerprint density at radius 2 is 1.95 bits per heavy atom. The van der Waals surface area contributed by atoms with Crippen LogP contribution < -0.4 is 5.32 Å². The summed E-state index contributed by atoms with van der Waals surface area (Å²) in [6, 6.07) is 1.28. The molecular formula is C15H25N5. The van der Waals surface area contributed by atoms with Crippen molar-refractivity contribution in [3.05, 3.63) is 11.4 Å². The Kier molecular flexibility index (Phi) is 4.15. The molecule has 1 aromatic heterocycles. The number of anilines is 1. The molecule has 3 rings (SSSR count). The summed E-state index contributed by atoms with van der Waals surface area (Å²) >= 11 is 0. The first-order chi connectivity index (χ1) is 9.80. The molecule has 0 spiro atoms. The fourth-order valence-electron chi connectivity index (χ4n) is 3.54. The summed E-state index contributed by atoms with van der Waals surface area (Å²) in [5.74, 6) is 0.718. The number of nitrogens with zero attached hydrogens (tertiary/aromatic N) is 4. The highest BCUT2D eigenvalue weighted by Gasteiger charge is 2.31. The number of nitrogens with one attached hydrogen (secondary N) is 1. The highest BCUT2D eigenvalue weighted by Crippen LogP contribution is 2.27. The number of rotatable bonds is 4. The summed E-state index contributed by atoms with van der Waals surface area (Å²) in [5, 5.41) is 12.1. The predicted molar refractivity (Wildman–Crippen MR) is 79.8 cm³/mol. The fourth-order valence-corrected chi connectivity index (χ4v) is 3.54. The van der Waals surface area contributed by atoms with Crippen LogP contribution in [0.2, 0.25) is 0 Å². The largest absolute Gasteiger partial charge is 0.350 e. The van der Waals surface area contributed by atoms with Crippen molar-refractivity contribution in [2.75, 3.05) is 18.4 Å². The average molecular weight is 275 g/mol. The van der Waals surface area contributed by atoms with E-state index in [1.54, 1.807) is 0 Å². The van der Waals surface area contributed by atoms with Crippen LogP contribution in [0.5, 0.6) is 0 Å². The van der Waals surface area contributed by atoms with E-state index < -0.39 is 0 Å². The molecular weight excluding hydrogens is 250 g/mol. The second-order valence-electron chi connectivity index (χ2n) is 5.93. The van der Waals surface area contributed by atoms with Crippen molar-refractivity contribution in [2.45, 2.75) is 64.5 Å². The van der Waals surface area contributed by atoms with E-state index in [1.807, 2.05) is 0 Å². The molecule has 0 radical (unpaired) electrons. The van der Waals surface area contributed by atoms with Gasteiger partial charge < -0.3 is 10.2 Å².